The van der Waals surface area contributed by atoms with Crippen molar-refractivity contribution in [3.05, 3.63) is 77.5 Å². The molecule has 0 unspecified atom stereocenters. The van der Waals surface area contributed by atoms with E-state index in [1.807, 2.05) is 51.1 Å². The van der Waals surface area contributed by atoms with E-state index in [1.54, 1.807) is 24.3 Å². The van der Waals surface area contributed by atoms with Crippen molar-refractivity contribution < 1.29 is 28.5 Å². The molecule has 0 saturated heterocycles. The van der Waals surface area contributed by atoms with Gasteiger partial charge in [-0.3, -0.25) is 4.79 Å². The van der Waals surface area contributed by atoms with Crippen LogP contribution in [0.5, 0.6) is 34.6 Å². The number of nitrogens with zero attached hydrogens (tertiary/aromatic N) is 2. The minimum Gasteiger partial charge on any atom is -0.493 e. The maximum Gasteiger partial charge on any atom is 0.262 e. The number of carbonyl (C=O) groups is 1. The Morgan fingerprint density at radius 2 is 1.50 bits per heavy atom. The molecule has 2 N–H and O–H groups in total. The topological polar surface area (TPSA) is 113 Å². The van der Waals surface area contributed by atoms with E-state index >= 15 is 0 Å². The van der Waals surface area contributed by atoms with Crippen molar-refractivity contribution >= 4 is 23.2 Å². The number of hydrogen-bond donors (Lipinski definition) is 2. The van der Waals surface area contributed by atoms with Gasteiger partial charge in [0, 0.05) is 29.7 Å². The van der Waals surface area contributed by atoms with Crippen LogP contribution in [0.25, 0.3) is 0 Å². The summed E-state index contributed by atoms with van der Waals surface area (Å²) in [5, 5.41) is 6.10. The molecule has 10 heteroatoms. The highest BCUT2D eigenvalue weighted by molar-refractivity contribution is 6.06. The summed E-state index contributed by atoms with van der Waals surface area (Å²) < 4.78 is 28.2. The molecule has 0 fully saturated rings. The van der Waals surface area contributed by atoms with Gasteiger partial charge in [-0.2, -0.15) is 4.98 Å². The Labute approximate surface area is 233 Å². The maximum absolute atomic E-state index is 13.5. The first kappa shape index (κ1) is 28.0. The summed E-state index contributed by atoms with van der Waals surface area (Å²) in [7, 11) is 4.59. The van der Waals surface area contributed by atoms with Gasteiger partial charge in [-0.1, -0.05) is 30.3 Å². The fraction of sp³-hybridized carbons (Fsp3) is 0.233. The fourth-order valence-corrected chi connectivity index (χ4v) is 4.05. The van der Waals surface area contributed by atoms with Gasteiger partial charge in [0.15, 0.2) is 23.0 Å². The van der Waals surface area contributed by atoms with Crippen LogP contribution in [0.2, 0.25) is 0 Å². The summed E-state index contributed by atoms with van der Waals surface area (Å²) in [6, 6.07) is 16.4. The number of hydrogen-bond acceptors (Lipinski definition) is 9. The van der Waals surface area contributed by atoms with Crippen LogP contribution in [-0.2, 0) is 0 Å². The van der Waals surface area contributed by atoms with Crippen LogP contribution in [0.1, 0.15) is 28.4 Å². The van der Waals surface area contributed by atoms with Gasteiger partial charge in [0.1, 0.15) is 5.56 Å². The Bertz CT molecular complexity index is 1460. The number of benzene rings is 3. The van der Waals surface area contributed by atoms with Crippen LogP contribution in [0.4, 0.5) is 17.3 Å². The molecule has 0 spiro atoms. The Morgan fingerprint density at radius 1 is 0.850 bits per heavy atom. The SMILES string of the molecule is CCOc1ccccc1Oc1nc(Nc2cc(OC)c(OC)c(OC)c2)ncc1C(=O)Nc1c(C)cccc1C. The Kier molecular flexibility index (Phi) is 8.90. The van der Waals surface area contributed by atoms with E-state index in [-0.39, 0.29) is 17.4 Å². The number of ether oxygens (including phenoxy) is 5. The quantitative estimate of drug-likeness (QED) is 0.224. The molecule has 40 heavy (non-hydrogen) atoms. The molecule has 0 aliphatic rings. The second-order valence-electron chi connectivity index (χ2n) is 8.65. The van der Waals surface area contributed by atoms with Crippen LogP contribution >= 0.6 is 0 Å². The first-order chi connectivity index (χ1) is 19.4. The molecular formula is C30H32N4O6. The van der Waals surface area contributed by atoms with Gasteiger partial charge in [-0.05, 0) is 44.0 Å². The number of aryl methyl sites for hydroxylation is 2. The molecule has 1 aromatic heterocycles. The molecule has 3 aromatic carbocycles. The molecule has 4 rings (SSSR count). The molecule has 10 nitrogen and oxygen atoms in total. The first-order valence-electron chi connectivity index (χ1n) is 12.6. The number of rotatable bonds is 11. The first-order valence-corrected chi connectivity index (χ1v) is 12.6. The summed E-state index contributed by atoms with van der Waals surface area (Å²) in [5.41, 5.74) is 3.29. The molecule has 0 aliphatic carbocycles. The van der Waals surface area contributed by atoms with Crippen LogP contribution in [-0.4, -0.2) is 43.8 Å². The van der Waals surface area contributed by atoms with Crippen LogP contribution in [0.15, 0.2) is 60.8 Å². The van der Waals surface area contributed by atoms with Gasteiger partial charge in [0.05, 0.1) is 27.9 Å². The Morgan fingerprint density at radius 3 is 2.10 bits per heavy atom. The van der Waals surface area contributed by atoms with Gasteiger partial charge < -0.3 is 34.3 Å². The maximum atomic E-state index is 13.5. The van der Waals surface area contributed by atoms with Crippen molar-refractivity contribution in [3.63, 3.8) is 0 Å². The largest absolute Gasteiger partial charge is 0.493 e. The zero-order chi connectivity index (χ0) is 28.6. The number of carbonyl (C=O) groups excluding carboxylic acids is 1. The number of methoxy groups -OCH3 is 3. The molecule has 1 heterocycles. The molecule has 0 bridgehead atoms. The van der Waals surface area contributed by atoms with E-state index < -0.39 is 5.91 Å². The van der Waals surface area contributed by atoms with Crippen molar-refractivity contribution in [2.24, 2.45) is 0 Å². The molecular weight excluding hydrogens is 512 g/mol. The van der Waals surface area contributed by atoms with E-state index in [1.165, 1.54) is 27.5 Å². The molecule has 1 amide bonds. The highest BCUT2D eigenvalue weighted by Crippen LogP contribution is 2.41. The predicted octanol–water partition coefficient (Wildman–Crippen LogP) is 6.31. The molecule has 4 aromatic rings. The van der Waals surface area contributed by atoms with Crippen molar-refractivity contribution in [1.82, 2.24) is 9.97 Å². The smallest absolute Gasteiger partial charge is 0.262 e. The summed E-state index contributed by atoms with van der Waals surface area (Å²) in [4.78, 5) is 22.4. The normalized spacial score (nSPS) is 10.4. The van der Waals surface area contributed by atoms with E-state index in [9.17, 15) is 4.79 Å². The van der Waals surface area contributed by atoms with Gasteiger partial charge in [-0.25, -0.2) is 4.98 Å². The molecule has 0 radical (unpaired) electrons. The predicted molar refractivity (Wildman–Crippen MR) is 153 cm³/mol. The van der Waals surface area contributed by atoms with Gasteiger partial charge in [0.2, 0.25) is 17.6 Å². The average Bonchev–Trinajstić information content (AvgIpc) is 2.95. The van der Waals surface area contributed by atoms with Crippen molar-refractivity contribution in [2.75, 3.05) is 38.6 Å². The van der Waals surface area contributed by atoms with Gasteiger partial charge >= 0.3 is 0 Å². The average molecular weight is 545 g/mol. The third kappa shape index (κ3) is 6.17. The summed E-state index contributed by atoms with van der Waals surface area (Å²) in [5.74, 6) is 2.09. The monoisotopic (exact) mass is 544 g/mol. The second-order valence-corrected chi connectivity index (χ2v) is 8.65. The zero-order valence-corrected chi connectivity index (χ0v) is 23.3. The van der Waals surface area contributed by atoms with E-state index in [4.69, 9.17) is 23.7 Å². The summed E-state index contributed by atoms with van der Waals surface area (Å²) in [6.45, 7) is 6.18. The zero-order valence-electron chi connectivity index (χ0n) is 23.3. The van der Waals surface area contributed by atoms with E-state index in [0.717, 1.165) is 11.1 Å². The van der Waals surface area contributed by atoms with E-state index in [2.05, 4.69) is 20.6 Å². The lowest BCUT2D eigenvalue weighted by molar-refractivity contribution is 0.102. The minimum absolute atomic E-state index is 0.0424. The van der Waals surface area contributed by atoms with Crippen molar-refractivity contribution in [1.29, 1.82) is 0 Å². The van der Waals surface area contributed by atoms with Gasteiger partial charge in [0.25, 0.3) is 5.91 Å². The summed E-state index contributed by atoms with van der Waals surface area (Å²) >= 11 is 0. The number of nitrogens with one attached hydrogen (secondary N) is 2. The Hall–Kier alpha value is -4.99. The third-order valence-electron chi connectivity index (χ3n) is 5.99. The molecule has 208 valence electrons. The lowest BCUT2D eigenvalue weighted by Crippen LogP contribution is -2.16. The van der Waals surface area contributed by atoms with Crippen LogP contribution in [0, 0.1) is 13.8 Å². The lowest BCUT2D eigenvalue weighted by Gasteiger charge is -2.17. The highest BCUT2D eigenvalue weighted by atomic mass is 16.5. The lowest BCUT2D eigenvalue weighted by atomic mass is 10.1. The minimum atomic E-state index is -0.416. The van der Waals surface area contributed by atoms with Crippen LogP contribution < -0.4 is 34.3 Å². The van der Waals surface area contributed by atoms with Crippen molar-refractivity contribution in [2.45, 2.75) is 20.8 Å². The molecule has 0 saturated carbocycles. The molecule has 0 atom stereocenters. The van der Waals surface area contributed by atoms with Crippen LogP contribution in [0.3, 0.4) is 0 Å². The van der Waals surface area contributed by atoms with Gasteiger partial charge in [-0.15, -0.1) is 0 Å². The van der Waals surface area contributed by atoms with E-state index in [0.29, 0.717) is 46.7 Å². The standard InChI is InChI=1S/C30H32N4O6/c1-7-39-22-13-8-9-14-23(22)40-29-21(28(35)33-26-18(2)11-10-12-19(26)3)17-31-30(34-29)32-20-15-24(36-4)27(38-6)25(16-20)37-5/h8-17H,7H2,1-6H3,(H,33,35)(H,31,32,34). The Balaban J connectivity index is 1.74. The third-order valence-corrected chi connectivity index (χ3v) is 5.99. The number of para-hydroxylation sites is 3. The number of anilines is 3. The van der Waals surface area contributed by atoms with Crippen molar-refractivity contribution in [3.8, 4) is 34.6 Å². The fourth-order valence-electron chi connectivity index (χ4n) is 4.05. The summed E-state index contributed by atoms with van der Waals surface area (Å²) in [6.07, 6.45) is 1.41. The number of aromatic nitrogens is 2. The second kappa shape index (κ2) is 12.7. The highest BCUT2D eigenvalue weighted by Gasteiger charge is 2.21. The number of amides is 1. The molecule has 0 aliphatic heterocycles.